The Labute approximate surface area is 125 Å². The van der Waals surface area contributed by atoms with Crippen LogP contribution in [0.3, 0.4) is 0 Å². The maximum atomic E-state index is 12.6. The smallest absolute Gasteiger partial charge is 0.256 e. The van der Waals surface area contributed by atoms with Crippen molar-refractivity contribution in [2.75, 3.05) is 20.2 Å². The minimum absolute atomic E-state index is 0.0356. The summed E-state index contributed by atoms with van der Waals surface area (Å²) in [4.78, 5) is 25.6. The summed E-state index contributed by atoms with van der Waals surface area (Å²) >= 11 is 0. The first-order valence-corrected chi connectivity index (χ1v) is 7.25. The number of rotatable bonds is 4. The van der Waals surface area contributed by atoms with E-state index in [2.05, 4.69) is 5.32 Å². The lowest BCUT2D eigenvalue weighted by Gasteiger charge is -2.34. The molecular formula is C16H22N2O3. The highest BCUT2D eigenvalue weighted by Crippen LogP contribution is 2.21. The molecule has 0 spiro atoms. The fourth-order valence-corrected chi connectivity index (χ4v) is 2.76. The molecule has 0 radical (unpaired) electrons. The molecule has 0 aliphatic carbocycles. The highest BCUT2D eigenvalue weighted by atomic mass is 16.5. The minimum Gasteiger partial charge on any atom is -0.367 e. The highest BCUT2D eigenvalue weighted by Gasteiger charge is 2.30. The molecule has 1 aliphatic heterocycles. The van der Waals surface area contributed by atoms with E-state index in [4.69, 9.17) is 4.74 Å². The van der Waals surface area contributed by atoms with Gasteiger partial charge in [-0.2, -0.15) is 0 Å². The van der Waals surface area contributed by atoms with Crippen molar-refractivity contribution >= 4 is 11.8 Å². The van der Waals surface area contributed by atoms with Crippen LogP contribution in [0.25, 0.3) is 0 Å². The second kappa shape index (κ2) is 7.22. The number of piperidine rings is 1. The summed E-state index contributed by atoms with van der Waals surface area (Å²) in [6, 6.07) is 9.51. The Morgan fingerprint density at radius 2 is 2.05 bits per heavy atom. The first-order chi connectivity index (χ1) is 10.1. The van der Waals surface area contributed by atoms with Gasteiger partial charge in [-0.15, -0.1) is 0 Å². The van der Waals surface area contributed by atoms with Gasteiger partial charge in [-0.05, 0) is 18.4 Å². The maximum absolute atomic E-state index is 12.6. The van der Waals surface area contributed by atoms with E-state index in [1.165, 1.54) is 6.92 Å². The number of amides is 2. The standard InChI is InChI=1S/C16H22N2O3/c1-12(19)17-14-9-6-10-18(11-14)16(20)15(21-2)13-7-4-3-5-8-13/h3-5,7-8,14-15H,6,9-11H2,1-2H3,(H,17,19)/t14-,15+/m0/s1. The molecule has 114 valence electrons. The van der Waals surface area contributed by atoms with Gasteiger partial charge < -0.3 is 15.0 Å². The van der Waals surface area contributed by atoms with Crippen LogP contribution < -0.4 is 5.32 Å². The number of hydrogen-bond acceptors (Lipinski definition) is 3. The van der Waals surface area contributed by atoms with Gasteiger partial charge in [0.05, 0.1) is 0 Å². The van der Waals surface area contributed by atoms with E-state index >= 15 is 0 Å². The van der Waals surface area contributed by atoms with E-state index in [0.717, 1.165) is 18.4 Å². The van der Waals surface area contributed by atoms with E-state index in [9.17, 15) is 9.59 Å². The van der Waals surface area contributed by atoms with Crippen LogP contribution in [-0.4, -0.2) is 43.0 Å². The summed E-state index contributed by atoms with van der Waals surface area (Å²) in [6.45, 7) is 2.76. The van der Waals surface area contributed by atoms with Crippen molar-refractivity contribution in [3.05, 3.63) is 35.9 Å². The number of carbonyl (C=O) groups is 2. The molecule has 1 N–H and O–H groups in total. The van der Waals surface area contributed by atoms with Crippen molar-refractivity contribution in [1.29, 1.82) is 0 Å². The summed E-state index contributed by atoms with van der Waals surface area (Å²) in [5, 5.41) is 2.89. The molecule has 2 rings (SSSR count). The number of nitrogens with one attached hydrogen (secondary N) is 1. The first-order valence-electron chi connectivity index (χ1n) is 7.25. The van der Waals surface area contributed by atoms with Gasteiger partial charge in [0.1, 0.15) is 0 Å². The van der Waals surface area contributed by atoms with Crippen LogP contribution in [0.15, 0.2) is 30.3 Å². The molecule has 1 aliphatic rings. The summed E-state index contributed by atoms with van der Waals surface area (Å²) in [6.07, 6.45) is 1.22. The van der Waals surface area contributed by atoms with Gasteiger partial charge in [0.25, 0.3) is 5.91 Å². The lowest BCUT2D eigenvalue weighted by Crippen LogP contribution is -2.50. The van der Waals surface area contributed by atoms with Gasteiger partial charge in [-0.1, -0.05) is 30.3 Å². The molecule has 1 aromatic carbocycles. The molecule has 0 saturated carbocycles. The molecule has 0 unspecified atom stereocenters. The monoisotopic (exact) mass is 290 g/mol. The van der Waals surface area contributed by atoms with E-state index < -0.39 is 6.10 Å². The van der Waals surface area contributed by atoms with Crippen LogP contribution in [0.5, 0.6) is 0 Å². The van der Waals surface area contributed by atoms with Gasteiger partial charge in [-0.25, -0.2) is 0 Å². The Hall–Kier alpha value is -1.88. The molecule has 21 heavy (non-hydrogen) atoms. The third kappa shape index (κ3) is 4.04. The lowest BCUT2D eigenvalue weighted by molar-refractivity contribution is -0.144. The maximum Gasteiger partial charge on any atom is 0.256 e. The van der Waals surface area contributed by atoms with E-state index in [1.54, 1.807) is 12.0 Å². The number of methoxy groups -OCH3 is 1. The van der Waals surface area contributed by atoms with Gasteiger partial charge in [-0.3, -0.25) is 9.59 Å². The van der Waals surface area contributed by atoms with Gasteiger partial charge in [0.2, 0.25) is 5.91 Å². The van der Waals surface area contributed by atoms with Crippen LogP contribution in [0.1, 0.15) is 31.4 Å². The summed E-state index contributed by atoms with van der Waals surface area (Å²) in [5.41, 5.74) is 0.853. The molecule has 1 heterocycles. The van der Waals surface area contributed by atoms with Crippen molar-refractivity contribution in [1.82, 2.24) is 10.2 Å². The Balaban J connectivity index is 2.05. The summed E-state index contributed by atoms with van der Waals surface area (Å²) in [7, 11) is 1.55. The minimum atomic E-state index is -0.581. The predicted molar refractivity (Wildman–Crippen MR) is 79.6 cm³/mol. The lowest BCUT2D eigenvalue weighted by atomic mass is 10.0. The summed E-state index contributed by atoms with van der Waals surface area (Å²) < 4.78 is 5.39. The largest absolute Gasteiger partial charge is 0.367 e. The predicted octanol–water partition coefficient (Wildman–Crippen LogP) is 1.50. The Kier molecular flexibility index (Phi) is 5.33. The fourth-order valence-electron chi connectivity index (χ4n) is 2.76. The second-order valence-electron chi connectivity index (χ2n) is 5.35. The number of hydrogen-bond donors (Lipinski definition) is 1. The third-order valence-corrected chi connectivity index (χ3v) is 3.70. The zero-order chi connectivity index (χ0) is 15.2. The van der Waals surface area contributed by atoms with Gasteiger partial charge in [0.15, 0.2) is 6.10 Å². The normalized spacial score (nSPS) is 19.9. The van der Waals surface area contributed by atoms with Crippen LogP contribution in [-0.2, 0) is 14.3 Å². The van der Waals surface area contributed by atoms with Crippen molar-refractivity contribution in [3.8, 4) is 0 Å². The number of nitrogens with zero attached hydrogens (tertiary/aromatic N) is 1. The Morgan fingerprint density at radius 3 is 2.67 bits per heavy atom. The molecule has 1 fully saturated rings. The fraction of sp³-hybridized carbons (Fsp3) is 0.500. The molecule has 5 nitrogen and oxygen atoms in total. The average Bonchev–Trinajstić information content (AvgIpc) is 2.48. The van der Waals surface area contributed by atoms with Crippen LogP contribution >= 0.6 is 0 Å². The van der Waals surface area contributed by atoms with Crippen molar-refractivity contribution in [2.45, 2.75) is 31.9 Å². The average molecular weight is 290 g/mol. The molecule has 0 aromatic heterocycles. The SMILES string of the molecule is CO[C@@H](C(=O)N1CCC[C@H](NC(C)=O)C1)c1ccccc1. The zero-order valence-electron chi connectivity index (χ0n) is 12.5. The topological polar surface area (TPSA) is 58.6 Å². The Morgan fingerprint density at radius 1 is 1.33 bits per heavy atom. The first kappa shape index (κ1) is 15.5. The molecule has 1 aromatic rings. The van der Waals surface area contributed by atoms with E-state index in [1.807, 2.05) is 30.3 Å². The molecule has 2 amide bonds. The summed E-state index contributed by atoms with van der Waals surface area (Å²) in [5.74, 6) is -0.0978. The van der Waals surface area contributed by atoms with Crippen LogP contribution in [0.4, 0.5) is 0 Å². The number of carbonyl (C=O) groups excluding carboxylic acids is 2. The molecule has 5 heteroatoms. The van der Waals surface area contributed by atoms with Crippen molar-refractivity contribution in [3.63, 3.8) is 0 Å². The molecular weight excluding hydrogens is 268 g/mol. The van der Waals surface area contributed by atoms with E-state index in [-0.39, 0.29) is 17.9 Å². The number of likely N-dealkylation sites (tertiary alicyclic amines) is 1. The molecule has 0 bridgehead atoms. The zero-order valence-corrected chi connectivity index (χ0v) is 12.5. The number of ether oxygens (including phenoxy) is 1. The second-order valence-corrected chi connectivity index (χ2v) is 5.35. The van der Waals surface area contributed by atoms with Crippen LogP contribution in [0.2, 0.25) is 0 Å². The molecule has 2 atom stereocenters. The van der Waals surface area contributed by atoms with E-state index in [0.29, 0.717) is 13.1 Å². The van der Waals surface area contributed by atoms with Gasteiger partial charge >= 0.3 is 0 Å². The Bertz CT molecular complexity index is 490. The molecule has 1 saturated heterocycles. The van der Waals surface area contributed by atoms with Crippen molar-refractivity contribution in [2.24, 2.45) is 0 Å². The quantitative estimate of drug-likeness (QED) is 0.914. The highest BCUT2D eigenvalue weighted by molar-refractivity contribution is 5.82. The number of benzene rings is 1. The van der Waals surface area contributed by atoms with Gasteiger partial charge in [0, 0.05) is 33.2 Å². The van der Waals surface area contributed by atoms with Crippen LogP contribution in [0, 0.1) is 0 Å². The third-order valence-electron chi connectivity index (χ3n) is 3.70. The van der Waals surface area contributed by atoms with Crippen molar-refractivity contribution < 1.29 is 14.3 Å².